The molecule has 0 saturated heterocycles. The maximum absolute atomic E-state index is 12.4. The summed E-state index contributed by atoms with van der Waals surface area (Å²) in [5.74, 6) is 0.808. The standard InChI is InChI=1S/C16H26N2O2S.ClH/c1-6-9-16(2,17)15(19)18(3)11-12-7-8-14(21-5)13(10-12)20-4;/h7-8,10H,6,9,11,17H2,1-5H3;1H. The molecule has 0 aromatic heterocycles. The van der Waals surface area contributed by atoms with Gasteiger partial charge >= 0.3 is 0 Å². The smallest absolute Gasteiger partial charge is 0.242 e. The molecule has 0 radical (unpaired) electrons. The van der Waals surface area contributed by atoms with Gasteiger partial charge in [-0.3, -0.25) is 4.79 Å². The summed E-state index contributed by atoms with van der Waals surface area (Å²) in [7, 11) is 3.45. The molecule has 1 atom stereocenters. The Labute approximate surface area is 144 Å². The Hall–Kier alpha value is -0.910. The topological polar surface area (TPSA) is 55.6 Å². The molecule has 0 spiro atoms. The molecular formula is C16H27ClN2O2S. The monoisotopic (exact) mass is 346 g/mol. The van der Waals surface area contributed by atoms with Gasteiger partial charge in [0.1, 0.15) is 5.75 Å². The molecule has 1 rings (SSSR count). The zero-order valence-corrected chi connectivity index (χ0v) is 15.6. The molecule has 1 aromatic rings. The summed E-state index contributed by atoms with van der Waals surface area (Å²) < 4.78 is 5.38. The van der Waals surface area contributed by atoms with E-state index in [0.29, 0.717) is 13.0 Å². The highest BCUT2D eigenvalue weighted by Crippen LogP contribution is 2.28. The van der Waals surface area contributed by atoms with Crippen molar-refractivity contribution in [2.24, 2.45) is 5.73 Å². The highest BCUT2D eigenvalue weighted by molar-refractivity contribution is 7.98. The van der Waals surface area contributed by atoms with Crippen molar-refractivity contribution in [3.05, 3.63) is 23.8 Å². The molecule has 126 valence electrons. The van der Waals surface area contributed by atoms with Crippen LogP contribution in [0.1, 0.15) is 32.3 Å². The molecule has 0 aliphatic heterocycles. The summed E-state index contributed by atoms with van der Waals surface area (Å²) in [5.41, 5.74) is 6.34. The first kappa shape index (κ1) is 21.1. The van der Waals surface area contributed by atoms with Gasteiger partial charge in [0, 0.05) is 18.5 Å². The van der Waals surface area contributed by atoms with E-state index in [4.69, 9.17) is 10.5 Å². The predicted octanol–water partition coefficient (Wildman–Crippen LogP) is 3.31. The molecule has 6 heteroatoms. The summed E-state index contributed by atoms with van der Waals surface area (Å²) in [5, 5.41) is 0. The van der Waals surface area contributed by atoms with Crippen LogP contribution in [0.25, 0.3) is 0 Å². The lowest BCUT2D eigenvalue weighted by Crippen LogP contribution is -2.51. The lowest BCUT2D eigenvalue weighted by Gasteiger charge is -2.29. The number of benzene rings is 1. The van der Waals surface area contributed by atoms with Gasteiger partial charge in [0.05, 0.1) is 12.6 Å². The van der Waals surface area contributed by atoms with Gasteiger partial charge in [-0.1, -0.05) is 19.4 Å². The van der Waals surface area contributed by atoms with E-state index in [1.165, 1.54) is 0 Å². The van der Waals surface area contributed by atoms with Crippen LogP contribution in [-0.2, 0) is 11.3 Å². The minimum absolute atomic E-state index is 0. The van der Waals surface area contributed by atoms with Crippen LogP contribution in [0.2, 0.25) is 0 Å². The van der Waals surface area contributed by atoms with Crippen molar-refractivity contribution in [3.63, 3.8) is 0 Å². The molecule has 0 aliphatic carbocycles. The minimum atomic E-state index is -0.799. The van der Waals surface area contributed by atoms with Gasteiger partial charge in [-0.15, -0.1) is 24.2 Å². The van der Waals surface area contributed by atoms with Crippen LogP contribution < -0.4 is 10.5 Å². The molecular weight excluding hydrogens is 320 g/mol. The second kappa shape index (κ2) is 9.28. The number of methoxy groups -OCH3 is 1. The van der Waals surface area contributed by atoms with Crippen LogP contribution in [0.15, 0.2) is 23.1 Å². The molecule has 2 N–H and O–H groups in total. The summed E-state index contributed by atoms with van der Waals surface area (Å²) >= 11 is 1.64. The Morgan fingerprint density at radius 2 is 2.09 bits per heavy atom. The summed E-state index contributed by atoms with van der Waals surface area (Å²) in [6, 6.07) is 6.01. The molecule has 0 bridgehead atoms. The number of nitrogens with two attached hydrogens (primary N) is 1. The van der Waals surface area contributed by atoms with E-state index in [2.05, 4.69) is 0 Å². The number of halogens is 1. The summed E-state index contributed by atoms with van der Waals surface area (Å²) in [6.45, 7) is 4.36. The number of likely N-dealkylation sites (N-methyl/N-ethyl adjacent to an activating group) is 1. The molecule has 0 heterocycles. The van der Waals surface area contributed by atoms with Crippen LogP contribution in [0.4, 0.5) is 0 Å². The van der Waals surface area contributed by atoms with Gasteiger partial charge in [0.25, 0.3) is 0 Å². The molecule has 0 saturated carbocycles. The second-order valence-corrected chi connectivity index (χ2v) is 6.37. The van der Waals surface area contributed by atoms with Crippen LogP contribution in [-0.4, -0.2) is 36.8 Å². The number of hydrogen-bond donors (Lipinski definition) is 1. The third-order valence-corrected chi connectivity index (χ3v) is 4.25. The fourth-order valence-electron chi connectivity index (χ4n) is 2.39. The van der Waals surface area contributed by atoms with Crippen LogP contribution >= 0.6 is 24.2 Å². The molecule has 0 fully saturated rings. The lowest BCUT2D eigenvalue weighted by molar-refractivity contribution is -0.135. The number of thioether (sulfide) groups is 1. The zero-order valence-electron chi connectivity index (χ0n) is 14.0. The van der Waals surface area contributed by atoms with Gasteiger partial charge in [-0.25, -0.2) is 0 Å². The Kier molecular flexibility index (Phi) is 8.89. The molecule has 1 amide bonds. The van der Waals surface area contributed by atoms with Crippen molar-refractivity contribution in [1.82, 2.24) is 4.90 Å². The molecule has 4 nitrogen and oxygen atoms in total. The van der Waals surface area contributed by atoms with E-state index >= 15 is 0 Å². The highest BCUT2D eigenvalue weighted by atomic mass is 35.5. The Bertz CT molecular complexity index is 495. The third-order valence-electron chi connectivity index (χ3n) is 3.47. The van der Waals surface area contributed by atoms with Gasteiger partial charge < -0.3 is 15.4 Å². The third kappa shape index (κ3) is 5.38. The SMILES string of the molecule is CCCC(C)(N)C(=O)N(C)Cc1ccc(SC)c(OC)c1.Cl. The number of hydrogen-bond acceptors (Lipinski definition) is 4. The van der Waals surface area contributed by atoms with Crippen molar-refractivity contribution in [1.29, 1.82) is 0 Å². The lowest BCUT2D eigenvalue weighted by atomic mass is 9.96. The first-order chi connectivity index (χ1) is 9.85. The maximum atomic E-state index is 12.4. The quantitative estimate of drug-likeness (QED) is 0.769. The first-order valence-corrected chi connectivity index (χ1v) is 8.33. The number of carbonyl (C=O) groups excluding carboxylic acids is 1. The van der Waals surface area contributed by atoms with Crippen molar-refractivity contribution in [2.75, 3.05) is 20.4 Å². The second-order valence-electron chi connectivity index (χ2n) is 5.52. The van der Waals surface area contributed by atoms with Crippen LogP contribution in [0, 0.1) is 0 Å². The average molecular weight is 347 g/mol. The van der Waals surface area contributed by atoms with Crippen molar-refractivity contribution < 1.29 is 9.53 Å². The predicted molar refractivity (Wildman–Crippen MR) is 96.0 cm³/mol. The fraction of sp³-hybridized carbons (Fsp3) is 0.562. The number of rotatable bonds is 7. The Morgan fingerprint density at radius 1 is 1.45 bits per heavy atom. The van der Waals surface area contributed by atoms with E-state index in [9.17, 15) is 4.79 Å². The average Bonchev–Trinajstić information content (AvgIpc) is 2.46. The number of nitrogens with zero attached hydrogens (tertiary/aromatic N) is 1. The van der Waals surface area contributed by atoms with E-state index in [0.717, 1.165) is 22.6 Å². The minimum Gasteiger partial charge on any atom is -0.496 e. The van der Waals surface area contributed by atoms with E-state index in [1.807, 2.05) is 31.4 Å². The highest BCUT2D eigenvalue weighted by Gasteiger charge is 2.30. The largest absolute Gasteiger partial charge is 0.496 e. The fourth-order valence-corrected chi connectivity index (χ4v) is 2.93. The molecule has 1 unspecified atom stereocenters. The van der Waals surface area contributed by atoms with Crippen LogP contribution in [0.5, 0.6) is 5.75 Å². The van der Waals surface area contributed by atoms with E-state index < -0.39 is 5.54 Å². The maximum Gasteiger partial charge on any atom is 0.242 e. The summed E-state index contributed by atoms with van der Waals surface area (Å²) in [4.78, 5) is 15.2. The van der Waals surface area contributed by atoms with Gasteiger partial charge in [-0.05, 0) is 37.3 Å². The molecule has 22 heavy (non-hydrogen) atoms. The number of ether oxygens (including phenoxy) is 1. The Morgan fingerprint density at radius 3 is 2.59 bits per heavy atom. The first-order valence-electron chi connectivity index (χ1n) is 7.11. The zero-order chi connectivity index (χ0) is 16.0. The number of carbonyl (C=O) groups is 1. The van der Waals surface area contributed by atoms with Crippen molar-refractivity contribution in [2.45, 2.75) is 43.7 Å². The molecule has 0 aliphatic rings. The van der Waals surface area contributed by atoms with Gasteiger partial charge in [0.2, 0.25) is 5.91 Å². The van der Waals surface area contributed by atoms with E-state index in [1.54, 1.807) is 37.7 Å². The normalized spacial score (nSPS) is 13.0. The number of amides is 1. The van der Waals surface area contributed by atoms with Crippen molar-refractivity contribution >= 4 is 30.1 Å². The van der Waals surface area contributed by atoms with E-state index in [-0.39, 0.29) is 18.3 Å². The van der Waals surface area contributed by atoms with Gasteiger partial charge in [-0.2, -0.15) is 0 Å². The van der Waals surface area contributed by atoms with Crippen LogP contribution in [0.3, 0.4) is 0 Å². The van der Waals surface area contributed by atoms with Crippen molar-refractivity contribution in [3.8, 4) is 5.75 Å². The Balaban J connectivity index is 0.00000441. The van der Waals surface area contributed by atoms with Gasteiger partial charge in [0.15, 0.2) is 0 Å². The summed E-state index contributed by atoms with van der Waals surface area (Å²) in [6.07, 6.45) is 3.59. The molecule has 1 aromatic carbocycles.